The summed E-state index contributed by atoms with van der Waals surface area (Å²) in [5, 5.41) is 19.4. The number of hydrogen-bond acceptors (Lipinski definition) is 17. The quantitative estimate of drug-likeness (QED) is 0.0823. The summed E-state index contributed by atoms with van der Waals surface area (Å²) < 4.78 is 52.0. The minimum Gasteiger partial charge on any atom is -0.486 e. The van der Waals surface area contributed by atoms with E-state index in [9.17, 15) is 24.6 Å². The van der Waals surface area contributed by atoms with Crippen LogP contribution in [0, 0.1) is 6.57 Å². The van der Waals surface area contributed by atoms with Crippen molar-refractivity contribution in [1.29, 1.82) is 0 Å². The fourth-order valence-corrected chi connectivity index (χ4v) is 16.4. The number of nitrogens with zero attached hydrogens (tertiary/aromatic N) is 3. The molecule has 5 aliphatic rings. The van der Waals surface area contributed by atoms with Crippen LogP contribution in [0.3, 0.4) is 0 Å². The predicted octanol–water partition coefficient (Wildman–Crippen LogP) is 10.3. The third kappa shape index (κ3) is 8.28. The second-order valence-corrected chi connectivity index (χ2v) is 23.7. The predicted molar refractivity (Wildman–Crippen MR) is 290 cm³/mol. The van der Waals surface area contributed by atoms with Crippen LogP contribution >= 0.6 is 56.7 Å². The van der Waals surface area contributed by atoms with Crippen LogP contribution in [0.5, 0.6) is 46.0 Å². The molecule has 0 unspecified atom stereocenters. The number of aromatic nitrogens is 1. The molecule has 0 saturated carbocycles. The number of ether oxygens (including phenoxy) is 8. The zero-order valence-electron chi connectivity index (χ0n) is 40.8. The molecule has 16 nitrogen and oxygen atoms in total. The van der Waals surface area contributed by atoms with Gasteiger partial charge in [0.2, 0.25) is 0 Å². The number of rotatable bonds is 13. The van der Waals surface area contributed by atoms with E-state index in [1.54, 1.807) is 11.3 Å². The van der Waals surface area contributed by atoms with Gasteiger partial charge in [0.25, 0.3) is 5.56 Å². The molecule has 0 saturated heterocycles. The smallest absolute Gasteiger partial charge is 0.336 e. The fourth-order valence-electron chi connectivity index (χ4n) is 10.2. The van der Waals surface area contributed by atoms with E-state index in [4.69, 9.17) is 44.5 Å². The number of thiophene rings is 4. The van der Waals surface area contributed by atoms with Gasteiger partial charge in [0.15, 0.2) is 46.0 Å². The Bertz CT molecular complexity index is 3720. The molecule has 21 heteroatoms. The monoisotopic (exact) mass is 1110 g/mol. The Morgan fingerprint density at radius 1 is 0.640 bits per heavy atom. The van der Waals surface area contributed by atoms with Gasteiger partial charge >= 0.3 is 17.6 Å². The van der Waals surface area contributed by atoms with Gasteiger partial charge in [-0.1, -0.05) is 64.3 Å². The van der Waals surface area contributed by atoms with Crippen molar-refractivity contribution < 1.29 is 57.7 Å². The molecule has 7 aromatic rings. The number of carbonyl (C=O) groups is 2. The highest BCUT2D eigenvalue weighted by Gasteiger charge is 2.40. The largest absolute Gasteiger partial charge is 0.486 e. The number of carboxylic acids is 2. The molecule has 0 fully saturated rings. The summed E-state index contributed by atoms with van der Waals surface area (Å²) in [6, 6.07) is 15.6. The molecule has 0 bridgehead atoms. The first-order chi connectivity index (χ1) is 36.5. The first-order valence-corrected chi connectivity index (χ1v) is 28.6. The number of fused-ring (bicyclic) bond motifs is 6. The summed E-state index contributed by atoms with van der Waals surface area (Å²) in [6.07, 6.45) is 6.20. The Morgan fingerprint density at radius 3 is 1.67 bits per heavy atom. The Labute approximate surface area is 449 Å². The molecule has 0 aliphatic carbocycles. The third-order valence-corrected chi connectivity index (χ3v) is 19.8. The van der Waals surface area contributed by atoms with Crippen molar-refractivity contribution in [2.24, 2.45) is 0 Å². The van der Waals surface area contributed by atoms with E-state index in [1.165, 1.54) is 81.9 Å². The number of para-hydroxylation sites is 1. The molecule has 75 heavy (non-hydrogen) atoms. The number of benzene rings is 2. The first kappa shape index (κ1) is 48.9. The lowest BCUT2D eigenvalue weighted by Crippen LogP contribution is -2.35. The van der Waals surface area contributed by atoms with Crippen LogP contribution in [0.25, 0.3) is 56.3 Å². The van der Waals surface area contributed by atoms with Crippen molar-refractivity contribution in [3.05, 3.63) is 89.4 Å². The Morgan fingerprint density at radius 2 is 1.13 bits per heavy atom. The molecule has 2 N–H and O–H groups in total. The number of aliphatic carboxylic acids is 2. The average molecular weight is 1110 g/mol. The van der Waals surface area contributed by atoms with E-state index in [-0.39, 0.29) is 34.4 Å². The van der Waals surface area contributed by atoms with Crippen LogP contribution in [-0.2, 0) is 21.5 Å². The van der Waals surface area contributed by atoms with Crippen LogP contribution in [0.2, 0.25) is 0 Å². The molecule has 386 valence electrons. The molecule has 5 aliphatic heterocycles. The summed E-state index contributed by atoms with van der Waals surface area (Å²) in [5.41, 5.74) is 4.27. The second kappa shape index (κ2) is 19.6. The molecule has 0 radical (unpaired) electrons. The molecule has 0 atom stereocenters. The van der Waals surface area contributed by atoms with Gasteiger partial charge in [0.1, 0.15) is 64.1 Å². The number of hydrogen-bond donors (Lipinski definition) is 2. The van der Waals surface area contributed by atoms with E-state index in [2.05, 4.69) is 73.0 Å². The van der Waals surface area contributed by atoms with Crippen molar-refractivity contribution in [1.82, 2.24) is 4.57 Å². The summed E-state index contributed by atoms with van der Waals surface area (Å²) in [5.74, 6) is 1.37. The van der Waals surface area contributed by atoms with Gasteiger partial charge in [-0.3, -0.25) is 19.0 Å². The Hall–Kier alpha value is -6.96. The molecule has 12 rings (SSSR count). The lowest BCUT2D eigenvalue weighted by atomic mass is 9.73. The molecular weight excluding hydrogens is 1060 g/mol. The standard InChI is InChI=1S/C54H47N3O13S5/c1-5-6-7-10-15-56-30-12-9-8-11-28(30)54(2,3)29-24-27(13-14-31(29)56)44-38-39(66-19-18-65-38)47(73-44)48-42-43(70-23-22-69-42)50(75-48)49-41-40(67-20-21-68-41)46(74-49)45-37-36(63-16-17-64-37)32(71-45)25-33-51(60)57(26-34(58)59)52(72-33)35(55-4)53(61)62/h8-9,11-14,24-25H,5-7,10,15-23,26H2,1-3H3,(H,58,59)(H,61,62)/b33-25-,52-35-. The summed E-state index contributed by atoms with van der Waals surface area (Å²) in [6.45, 7) is 16.9. The zero-order chi connectivity index (χ0) is 51.7. The third-order valence-electron chi connectivity index (χ3n) is 13.5. The molecule has 0 amide bonds. The highest BCUT2D eigenvalue weighted by atomic mass is 32.1. The van der Waals surface area contributed by atoms with Crippen LogP contribution < -0.4 is 57.5 Å². The molecule has 10 heterocycles. The van der Waals surface area contributed by atoms with Gasteiger partial charge in [-0.25, -0.2) is 4.85 Å². The van der Waals surface area contributed by atoms with Crippen LogP contribution in [0.1, 0.15) is 62.5 Å². The number of carboxylic acid groups (broad SMARTS) is 2. The Kier molecular flexibility index (Phi) is 12.8. The molecule has 2 aromatic carbocycles. The Balaban J connectivity index is 0.971. The van der Waals surface area contributed by atoms with E-state index >= 15 is 0 Å². The summed E-state index contributed by atoms with van der Waals surface area (Å²) in [4.78, 5) is 49.1. The maximum absolute atomic E-state index is 13.7. The van der Waals surface area contributed by atoms with Gasteiger partial charge in [-0.15, -0.1) is 56.7 Å². The van der Waals surface area contributed by atoms with Gasteiger partial charge < -0.3 is 53.0 Å². The number of thiazole rings is 1. The SMILES string of the molecule is [C-]#[N+]/C(C(=O)O)=c1\s/c(=C\c2sc(-c3sc(-c4sc(-c5sc(-c6ccc7c(c6)C(C)(C)c6ccccc6N7CCCCCC)c6c5OCCO6)c5c4OCCO5)c4c3OCCO4)c3c2OCCO3)c(=O)n1CC(=O)O. The van der Waals surface area contributed by atoms with Crippen LogP contribution in [0.4, 0.5) is 11.4 Å². The lowest BCUT2D eigenvalue weighted by Gasteiger charge is -2.42. The highest BCUT2D eigenvalue weighted by Crippen LogP contribution is 2.66. The number of unbranched alkanes of at least 4 members (excludes halogenated alkanes) is 3. The van der Waals surface area contributed by atoms with Crippen molar-refractivity contribution in [2.75, 3.05) is 64.3 Å². The van der Waals surface area contributed by atoms with Gasteiger partial charge in [-0.2, -0.15) is 0 Å². The summed E-state index contributed by atoms with van der Waals surface area (Å²) in [7, 11) is 0. The highest BCUT2D eigenvalue weighted by molar-refractivity contribution is 7.30. The first-order valence-electron chi connectivity index (χ1n) is 24.5. The molecular formula is C54H47N3O13S5. The van der Waals surface area contributed by atoms with Gasteiger partial charge in [0.05, 0.1) is 50.1 Å². The fraction of sp³-hybridized carbons (Fsp3) is 0.333. The van der Waals surface area contributed by atoms with Crippen molar-refractivity contribution in [2.45, 2.75) is 58.4 Å². The zero-order valence-corrected chi connectivity index (χ0v) is 44.9. The van der Waals surface area contributed by atoms with Crippen molar-refractivity contribution >= 4 is 91.8 Å². The lowest BCUT2D eigenvalue weighted by molar-refractivity contribution is -0.138. The van der Waals surface area contributed by atoms with E-state index in [0.29, 0.717) is 93.7 Å². The van der Waals surface area contributed by atoms with Crippen molar-refractivity contribution in [3.63, 3.8) is 0 Å². The van der Waals surface area contributed by atoms with Crippen LogP contribution in [-0.4, -0.2) is 86.1 Å². The maximum atomic E-state index is 13.7. The maximum Gasteiger partial charge on any atom is 0.336 e. The second-order valence-electron chi connectivity index (χ2n) is 18.5. The summed E-state index contributed by atoms with van der Waals surface area (Å²) >= 11 is 6.53. The van der Waals surface area contributed by atoms with Crippen molar-refractivity contribution in [3.8, 4) is 85.7 Å². The minimum atomic E-state index is -1.58. The van der Waals surface area contributed by atoms with Gasteiger partial charge in [0, 0.05) is 23.3 Å². The molecule has 0 spiro atoms. The van der Waals surface area contributed by atoms with Crippen LogP contribution in [0.15, 0.2) is 47.3 Å². The molecule has 5 aromatic heterocycles. The topological polar surface area (TPSA) is 178 Å². The van der Waals surface area contributed by atoms with E-state index < -0.39 is 29.7 Å². The normalized spacial score (nSPS) is 16.2. The van der Waals surface area contributed by atoms with Gasteiger partial charge in [-0.05, 0) is 47.4 Å². The average Bonchev–Trinajstić information content (AvgIpc) is 4.25. The number of anilines is 2. The van der Waals surface area contributed by atoms with E-state index in [0.717, 1.165) is 58.8 Å². The minimum absolute atomic E-state index is 0.0103. The van der Waals surface area contributed by atoms with E-state index in [1.807, 2.05) is 0 Å².